The fraction of sp³-hybridized carbons (Fsp3) is 0.381. The van der Waals surface area contributed by atoms with Gasteiger partial charge in [-0.2, -0.15) is 0 Å². The molecule has 3 rings (SSSR count). The number of carbonyl (C=O) groups is 1. The van der Waals surface area contributed by atoms with Crippen LogP contribution in [0.15, 0.2) is 51.6 Å². The summed E-state index contributed by atoms with van der Waals surface area (Å²) >= 11 is 1.53. The van der Waals surface area contributed by atoms with E-state index in [0.29, 0.717) is 27.8 Å². The highest BCUT2D eigenvalue weighted by Crippen LogP contribution is 2.39. The summed E-state index contributed by atoms with van der Waals surface area (Å²) in [5, 5.41) is 3.74. The van der Waals surface area contributed by atoms with Crippen molar-refractivity contribution in [1.82, 2.24) is 9.97 Å². The third kappa shape index (κ3) is 4.14. The first kappa shape index (κ1) is 20.2. The molecule has 1 atom stereocenters. The predicted molar refractivity (Wildman–Crippen MR) is 112 cm³/mol. The summed E-state index contributed by atoms with van der Waals surface area (Å²) in [6.45, 7) is 5.98. The molecular formula is C21H25N3O3S. The molecule has 6 nitrogen and oxygen atoms in total. The van der Waals surface area contributed by atoms with Crippen LogP contribution in [0, 0.1) is 0 Å². The molecule has 0 saturated heterocycles. The van der Waals surface area contributed by atoms with Crippen LogP contribution in [0.2, 0.25) is 0 Å². The highest BCUT2D eigenvalue weighted by Gasteiger charge is 2.36. The van der Waals surface area contributed by atoms with Crippen LogP contribution in [0.1, 0.15) is 50.7 Å². The molecule has 0 fully saturated rings. The van der Waals surface area contributed by atoms with Crippen LogP contribution in [-0.4, -0.2) is 28.3 Å². The third-order valence-electron chi connectivity index (χ3n) is 4.59. The van der Waals surface area contributed by atoms with Crippen LogP contribution in [0.25, 0.3) is 0 Å². The number of anilines is 1. The molecule has 0 spiro atoms. The summed E-state index contributed by atoms with van der Waals surface area (Å²) in [5.41, 5.74) is 2.16. The van der Waals surface area contributed by atoms with Crippen LogP contribution in [0.3, 0.4) is 0 Å². The van der Waals surface area contributed by atoms with Crippen molar-refractivity contribution in [2.24, 2.45) is 0 Å². The molecule has 0 saturated carbocycles. The van der Waals surface area contributed by atoms with Gasteiger partial charge in [0.2, 0.25) is 0 Å². The van der Waals surface area contributed by atoms with Crippen LogP contribution in [0.5, 0.6) is 0 Å². The number of rotatable bonds is 7. The van der Waals surface area contributed by atoms with Gasteiger partial charge < -0.3 is 15.0 Å². The number of nitrogens with zero attached hydrogens (tertiary/aromatic N) is 1. The lowest BCUT2D eigenvalue weighted by Gasteiger charge is -2.28. The number of thioether (sulfide) groups is 1. The Hall–Kier alpha value is -2.54. The monoisotopic (exact) mass is 399 g/mol. The van der Waals surface area contributed by atoms with Gasteiger partial charge in [0.15, 0.2) is 5.16 Å². The number of benzene rings is 1. The molecule has 0 aliphatic carbocycles. The molecule has 1 aliphatic rings. The zero-order valence-corrected chi connectivity index (χ0v) is 17.2. The second-order valence-corrected chi connectivity index (χ2v) is 7.65. The number of aromatic nitrogens is 2. The van der Waals surface area contributed by atoms with Crippen molar-refractivity contribution in [3.8, 4) is 0 Å². The second-order valence-electron chi connectivity index (χ2n) is 6.56. The number of esters is 1. The molecule has 7 heteroatoms. The van der Waals surface area contributed by atoms with Gasteiger partial charge in [-0.1, -0.05) is 55.4 Å². The highest BCUT2D eigenvalue weighted by atomic mass is 32.2. The summed E-state index contributed by atoms with van der Waals surface area (Å²) in [6, 6.07) is 9.52. The molecule has 148 valence electrons. The maximum Gasteiger partial charge on any atom is 0.336 e. The lowest BCUT2D eigenvalue weighted by Crippen LogP contribution is -2.31. The number of hydrogen-bond donors (Lipinski definition) is 2. The maximum atomic E-state index is 13.0. The van der Waals surface area contributed by atoms with Crippen molar-refractivity contribution < 1.29 is 9.53 Å². The van der Waals surface area contributed by atoms with E-state index in [1.165, 1.54) is 11.8 Å². The van der Waals surface area contributed by atoms with Gasteiger partial charge >= 0.3 is 5.97 Å². The lowest BCUT2D eigenvalue weighted by atomic mass is 9.82. The van der Waals surface area contributed by atoms with E-state index in [4.69, 9.17) is 4.74 Å². The molecule has 2 aromatic rings. The molecule has 1 aliphatic heterocycles. The predicted octanol–water partition coefficient (Wildman–Crippen LogP) is 4.06. The fourth-order valence-electron chi connectivity index (χ4n) is 3.27. The first-order chi connectivity index (χ1) is 13.6. The minimum absolute atomic E-state index is 0.236. The van der Waals surface area contributed by atoms with Crippen molar-refractivity contribution in [2.75, 3.05) is 17.7 Å². The van der Waals surface area contributed by atoms with Gasteiger partial charge in [0, 0.05) is 11.4 Å². The Labute approximate surface area is 168 Å². The Bertz CT molecular complexity index is 938. The largest absolute Gasteiger partial charge is 0.463 e. The lowest BCUT2D eigenvalue weighted by molar-refractivity contribution is -0.138. The molecule has 2 heterocycles. The number of allylic oxidation sites excluding steroid dienone is 1. The van der Waals surface area contributed by atoms with Crippen molar-refractivity contribution in [3.05, 3.63) is 63.1 Å². The molecular weight excluding hydrogens is 374 g/mol. The van der Waals surface area contributed by atoms with Crippen LogP contribution in [-0.2, 0) is 9.53 Å². The molecule has 1 aromatic carbocycles. The van der Waals surface area contributed by atoms with Gasteiger partial charge in [-0.3, -0.25) is 4.79 Å². The first-order valence-electron chi connectivity index (χ1n) is 9.53. The van der Waals surface area contributed by atoms with Crippen LogP contribution >= 0.6 is 11.8 Å². The van der Waals surface area contributed by atoms with Crippen molar-refractivity contribution in [2.45, 2.75) is 44.7 Å². The SMILES string of the molecule is CCCCSc1nc2c(c(=O)[nH]1)C(c1ccccc1)C(C(=O)OCC)=C(C)N2. The summed E-state index contributed by atoms with van der Waals surface area (Å²) in [5.74, 6) is 0.445. The Kier molecular flexibility index (Phi) is 6.57. The van der Waals surface area contributed by atoms with E-state index in [1.807, 2.05) is 37.3 Å². The highest BCUT2D eigenvalue weighted by molar-refractivity contribution is 7.99. The number of hydrogen-bond acceptors (Lipinski definition) is 6. The van der Waals surface area contributed by atoms with Crippen LogP contribution < -0.4 is 10.9 Å². The number of fused-ring (bicyclic) bond motifs is 1. The van der Waals surface area contributed by atoms with Gasteiger partial charge in [0.05, 0.1) is 23.7 Å². The number of H-pyrrole nitrogens is 1. The van der Waals surface area contributed by atoms with Gasteiger partial charge in [0.25, 0.3) is 5.56 Å². The van der Waals surface area contributed by atoms with E-state index >= 15 is 0 Å². The van der Waals surface area contributed by atoms with Gasteiger partial charge in [-0.05, 0) is 25.8 Å². The summed E-state index contributed by atoms with van der Waals surface area (Å²) in [6.07, 6.45) is 2.14. The molecule has 0 bridgehead atoms. The van der Waals surface area contributed by atoms with Gasteiger partial charge in [0.1, 0.15) is 5.82 Å². The van der Waals surface area contributed by atoms with Gasteiger partial charge in [-0.25, -0.2) is 9.78 Å². The van der Waals surface area contributed by atoms with E-state index in [1.54, 1.807) is 6.92 Å². The summed E-state index contributed by atoms with van der Waals surface area (Å²) in [4.78, 5) is 33.2. The average Bonchev–Trinajstić information content (AvgIpc) is 2.68. The quantitative estimate of drug-likeness (QED) is 0.316. The first-order valence-corrected chi connectivity index (χ1v) is 10.5. The Morgan fingerprint density at radius 1 is 1.25 bits per heavy atom. The van der Waals surface area contributed by atoms with E-state index in [2.05, 4.69) is 22.2 Å². The molecule has 28 heavy (non-hydrogen) atoms. The summed E-state index contributed by atoms with van der Waals surface area (Å²) in [7, 11) is 0. The van der Waals surface area contributed by atoms with E-state index in [-0.39, 0.29) is 12.2 Å². The molecule has 0 amide bonds. The molecule has 0 radical (unpaired) electrons. The number of aromatic amines is 1. The smallest absolute Gasteiger partial charge is 0.336 e. The number of carbonyl (C=O) groups excluding carboxylic acids is 1. The topological polar surface area (TPSA) is 84.1 Å². The second kappa shape index (κ2) is 9.10. The molecule has 1 unspecified atom stereocenters. The van der Waals surface area contributed by atoms with E-state index < -0.39 is 11.9 Å². The van der Waals surface area contributed by atoms with Crippen LogP contribution in [0.4, 0.5) is 5.82 Å². The zero-order chi connectivity index (χ0) is 20.1. The van der Waals surface area contributed by atoms with E-state index in [9.17, 15) is 9.59 Å². The Balaban J connectivity index is 2.11. The van der Waals surface area contributed by atoms with Crippen molar-refractivity contribution in [1.29, 1.82) is 0 Å². The fourth-order valence-corrected chi connectivity index (χ4v) is 4.22. The Morgan fingerprint density at radius 2 is 2.00 bits per heavy atom. The zero-order valence-electron chi connectivity index (χ0n) is 16.4. The molecule has 2 N–H and O–H groups in total. The normalized spacial score (nSPS) is 15.8. The maximum absolute atomic E-state index is 13.0. The van der Waals surface area contributed by atoms with Crippen molar-refractivity contribution >= 4 is 23.5 Å². The average molecular weight is 400 g/mol. The van der Waals surface area contributed by atoms with Gasteiger partial charge in [-0.15, -0.1) is 0 Å². The molecule has 1 aromatic heterocycles. The third-order valence-corrected chi connectivity index (χ3v) is 5.55. The minimum atomic E-state index is -0.526. The Morgan fingerprint density at radius 3 is 2.68 bits per heavy atom. The number of unbranched alkanes of at least 4 members (excludes halogenated alkanes) is 1. The van der Waals surface area contributed by atoms with Crippen molar-refractivity contribution in [3.63, 3.8) is 0 Å². The number of nitrogens with one attached hydrogen (secondary N) is 2. The number of ether oxygens (including phenoxy) is 1. The summed E-state index contributed by atoms with van der Waals surface area (Å²) < 4.78 is 5.27. The minimum Gasteiger partial charge on any atom is -0.463 e. The van der Waals surface area contributed by atoms with E-state index in [0.717, 1.165) is 24.2 Å². The standard InChI is InChI=1S/C21H25N3O3S/c1-4-6-12-28-21-23-18-17(19(25)24-21)16(14-10-8-7-9-11-14)15(13(3)22-18)20(26)27-5-2/h7-11,16H,4-6,12H2,1-3H3,(H2,22,23,24,25).